The zero-order valence-electron chi connectivity index (χ0n) is 13.6. The molecule has 0 aliphatic heterocycles. The van der Waals surface area contributed by atoms with Crippen LogP contribution in [0.2, 0.25) is 0 Å². The van der Waals surface area contributed by atoms with Gasteiger partial charge in [0, 0.05) is 6.42 Å². The average Bonchev–Trinajstić information content (AvgIpc) is 2.93. The third kappa shape index (κ3) is 2.64. The molecule has 2 aliphatic rings. The van der Waals surface area contributed by atoms with Crippen LogP contribution in [0.1, 0.15) is 34.2 Å². The van der Waals surface area contributed by atoms with Crippen molar-refractivity contribution in [1.29, 1.82) is 0 Å². The summed E-state index contributed by atoms with van der Waals surface area (Å²) in [7, 11) is 0. The first kappa shape index (κ1) is 15.1. The van der Waals surface area contributed by atoms with Gasteiger partial charge in [0.1, 0.15) is 0 Å². The van der Waals surface area contributed by atoms with Gasteiger partial charge < -0.3 is 10.8 Å². The van der Waals surface area contributed by atoms with Gasteiger partial charge >= 0.3 is 0 Å². The molecule has 0 radical (unpaired) electrons. The summed E-state index contributed by atoms with van der Waals surface area (Å²) < 4.78 is 0. The molecule has 0 fully saturated rings. The van der Waals surface area contributed by atoms with Crippen molar-refractivity contribution in [1.82, 2.24) is 0 Å². The van der Waals surface area contributed by atoms with Crippen LogP contribution in [0.15, 0.2) is 54.6 Å². The summed E-state index contributed by atoms with van der Waals surface area (Å²) in [5, 5.41) is 9.83. The van der Waals surface area contributed by atoms with Gasteiger partial charge in [-0.15, -0.1) is 0 Å². The number of rotatable bonds is 3. The van der Waals surface area contributed by atoms with Crippen LogP contribution in [-0.4, -0.2) is 17.8 Å². The van der Waals surface area contributed by atoms with Gasteiger partial charge in [-0.1, -0.05) is 60.7 Å². The van der Waals surface area contributed by atoms with Crippen molar-refractivity contribution in [3.8, 4) is 0 Å². The van der Waals surface area contributed by atoms with E-state index in [-0.39, 0.29) is 6.10 Å². The molecule has 2 aliphatic carbocycles. The molecule has 1 atom stereocenters. The van der Waals surface area contributed by atoms with Crippen LogP contribution in [0.5, 0.6) is 0 Å². The first-order chi connectivity index (χ1) is 11.8. The van der Waals surface area contributed by atoms with E-state index in [0.717, 1.165) is 6.42 Å². The van der Waals surface area contributed by atoms with Crippen molar-refractivity contribution in [3.05, 3.63) is 82.4 Å². The van der Waals surface area contributed by atoms with Gasteiger partial charge in [0.25, 0.3) is 0 Å². The molecular formula is C22H21NO. The first-order valence-corrected chi connectivity index (χ1v) is 8.46. The van der Waals surface area contributed by atoms with Crippen molar-refractivity contribution in [2.75, 3.05) is 6.54 Å². The SMILES string of the molecule is NCCC1=C/C(=C\c2cccc3c2C=CC(O)C3)c2ccccc21. The minimum atomic E-state index is -0.372. The van der Waals surface area contributed by atoms with E-state index in [4.69, 9.17) is 5.73 Å². The molecule has 0 amide bonds. The lowest BCUT2D eigenvalue weighted by Crippen LogP contribution is -2.12. The largest absolute Gasteiger partial charge is 0.389 e. The minimum Gasteiger partial charge on any atom is -0.389 e. The van der Waals surface area contributed by atoms with Crippen LogP contribution >= 0.6 is 0 Å². The molecule has 3 N–H and O–H groups in total. The van der Waals surface area contributed by atoms with Crippen LogP contribution < -0.4 is 5.73 Å². The summed E-state index contributed by atoms with van der Waals surface area (Å²) in [6.07, 6.45) is 9.65. The van der Waals surface area contributed by atoms with Crippen molar-refractivity contribution in [2.24, 2.45) is 5.73 Å². The molecule has 2 nitrogen and oxygen atoms in total. The summed E-state index contributed by atoms with van der Waals surface area (Å²) in [5.74, 6) is 0. The van der Waals surface area contributed by atoms with Crippen molar-refractivity contribution in [3.63, 3.8) is 0 Å². The zero-order valence-corrected chi connectivity index (χ0v) is 13.6. The molecule has 1 unspecified atom stereocenters. The maximum Gasteiger partial charge on any atom is 0.0764 e. The van der Waals surface area contributed by atoms with E-state index in [2.05, 4.69) is 54.6 Å². The number of aliphatic hydroxyl groups is 1. The maximum absolute atomic E-state index is 9.83. The molecule has 120 valence electrons. The Kier molecular flexibility index (Phi) is 3.93. The Morgan fingerprint density at radius 1 is 1.08 bits per heavy atom. The highest BCUT2D eigenvalue weighted by Crippen LogP contribution is 2.38. The van der Waals surface area contributed by atoms with Gasteiger partial charge in [0.15, 0.2) is 0 Å². The fourth-order valence-electron chi connectivity index (χ4n) is 3.65. The van der Waals surface area contributed by atoms with Gasteiger partial charge in [-0.3, -0.25) is 0 Å². The van der Waals surface area contributed by atoms with E-state index in [0.29, 0.717) is 13.0 Å². The maximum atomic E-state index is 9.83. The molecule has 0 aromatic heterocycles. The van der Waals surface area contributed by atoms with Crippen LogP contribution in [0.25, 0.3) is 23.3 Å². The predicted octanol–water partition coefficient (Wildman–Crippen LogP) is 3.90. The Labute approximate surface area is 142 Å². The summed E-state index contributed by atoms with van der Waals surface area (Å²) in [6, 6.07) is 14.8. The summed E-state index contributed by atoms with van der Waals surface area (Å²) in [5.41, 5.74) is 14.5. The number of benzene rings is 2. The Balaban J connectivity index is 1.81. The van der Waals surface area contributed by atoms with E-state index in [9.17, 15) is 5.11 Å². The number of hydrogen-bond donors (Lipinski definition) is 2. The van der Waals surface area contributed by atoms with Crippen LogP contribution in [0, 0.1) is 0 Å². The molecule has 0 spiro atoms. The number of nitrogens with two attached hydrogens (primary N) is 1. The van der Waals surface area contributed by atoms with Crippen molar-refractivity contribution >= 4 is 23.3 Å². The molecule has 2 aromatic carbocycles. The molecule has 24 heavy (non-hydrogen) atoms. The van der Waals surface area contributed by atoms with E-state index in [1.54, 1.807) is 0 Å². The highest BCUT2D eigenvalue weighted by Gasteiger charge is 2.18. The molecule has 0 saturated carbocycles. The third-order valence-electron chi connectivity index (χ3n) is 4.78. The van der Waals surface area contributed by atoms with Crippen LogP contribution in [-0.2, 0) is 6.42 Å². The second kappa shape index (κ2) is 6.23. The highest BCUT2D eigenvalue weighted by molar-refractivity contribution is 6.02. The second-order valence-corrected chi connectivity index (χ2v) is 6.40. The average molecular weight is 315 g/mol. The molecule has 0 heterocycles. The monoisotopic (exact) mass is 315 g/mol. The molecule has 4 rings (SSSR count). The molecule has 0 saturated heterocycles. The molecule has 2 aromatic rings. The Hall–Kier alpha value is -2.42. The van der Waals surface area contributed by atoms with E-state index >= 15 is 0 Å². The van der Waals surface area contributed by atoms with Crippen molar-refractivity contribution < 1.29 is 5.11 Å². The summed E-state index contributed by atoms with van der Waals surface area (Å²) in [6.45, 7) is 0.662. The van der Waals surface area contributed by atoms with E-state index in [1.807, 2.05) is 12.2 Å². The smallest absolute Gasteiger partial charge is 0.0764 e. The summed E-state index contributed by atoms with van der Waals surface area (Å²) in [4.78, 5) is 0. The topological polar surface area (TPSA) is 46.2 Å². The quantitative estimate of drug-likeness (QED) is 0.902. The number of hydrogen-bond acceptors (Lipinski definition) is 2. The van der Waals surface area contributed by atoms with E-state index in [1.165, 1.54) is 39.0 Å². The third-order valence-corrected chi connectivity index (χ3v) is 4.78. The van der Waals surface area contributed by atoms with Gasteiger partial charge in [-0.05, 0) is 58.0 Å². The Morgan fingerprint density at radius 2 is 1.92 bits per heavy atom. The van der Waals surface area contributed by atoms with Gasteiger partial charge in [-0.2, -0.15) is 0 Å². The Bertz CT molecular complexity index is 873. The molecular weight excluding hydrogens is 294 g/mol. The standard InChI is InChI=1S/C22H21NO/c23-11-10-17-13-18(22-7-2-1-6-21(17)22)12-15-4-3-5-16-14-19(24)8-9-20(15)16/h1-9,12-13,19,24H,10-11,14,23H2/b18-12+. The van der Waals surface area contributed by atoms with Crippen LogP contribution in [0.4, 0.5) is 0 Å². The number of aliphatic hydroxyl groups excluding tert-OH is 1. The second-order valence-electron chi connectivity index (χ2n) is 6.40. The van der Waals surface area contributed by atoms with Crippen LogP contribution in [0.3, 0.4) is 0 Å². The Morgan fingerprint density at radius 3 is 2.75 bits per heavy atom. The van der Waals surface area contributed by atoms with Crippen molar-refractivity contribution in [2.45, 2.75) is 18.9 Å². The van der Waals surface area contributed by atoms with Gasteiger partial charge in [-0.25, -0.2) is 0 Å². The summed E-state index contributed by atoms with van der Waals surface area (Å²) >= 11 is 0. The fraction of sp³-hybridized carbons (Fsp3) is 0.182. The number of fused-ring (bicyclic) bond motifs is 2. The lowest BCUT2D eigenvalue weighted by Gasteiger charge is -2.17. The normalized spacial score (nSPS) is 20.0. The molecule has 0 bridgehead atoms. The van der Waals surface area contributed by atoms with E-state index < -0.39 is 0 Å². The van der Waals surface area contributed by atoms with Gasteiger partial charge in [0.05, 0.1) is 6.10 Å². The lowest BCUT2D eigenvalue weighted by molar-refractivity contribution is 0.223. The lowest BCUT2D eigenvalue weighted by atomic mass is 9.90. The zero-order chi connectivity index (χ0) is 16.5. The fourth-order valence-corrected chi connectivity index (χ4v) is 3.65. The predicted molar refractivity (Wildman–Crippen MR) is 101 cm³/mol. The minimum absolute atomic E-state index is 0.372. The van der Waals surface area contributed by atoms with Gasteiger partial charge in [0.2, 0.25) is 0 Å². The number of allylic oxidation sites excluding steroid dienone is 2. The first-order valence-electron chi connectivity index (χ1n) is 8.46. The molecule has 2 heteroatoms. The highest BCUT2D eigenvalue weighted by atomic mass is 16.3.